The number of nitrogens with zero attached hydrogens (tertiary/aromatic N) is 4. The molecule has 35 heavy (non-hydrogen) atoms. The molecule has 0 saturated carbocycles. The average molecular weight is 480 g/mol. The van der Waals surface area contributed by atoms with Crippen LogP contribution in [0.25, 0.3) is 22.7 Å². The maximum atomic E-state index is 12.5. The number of oxazole rings is 1. The molecule has 0 unspecified atom stereocenters. The lowest BCUT2D eigenvalue weighted by Gasteiger charge is -2.26. The predicted octanol–water partition coefficient (Wildman–Crippen LogP) is 6.02. The Balaban J connectivity index is 1.24. The van der Waals surface area contributed by atoms with E-state index in [0.717, 1.165) is 40.4 Å². The fourth-order valence-electron chi connectivity index (χ4n) is 4.10. The molecule has 0 spiro atoms. The quantitative estimate of drug-likeness (QED) is 0.338. The van der Waals surface area contributed by atoms with Gasteiger partial charge in [0.15, 0.2) is 0 Å². The molecule has 9 heteroatoms. The van der Waals surface area contributed by atoms with E-state index in [1.807, 2.05) is 49.5 Å². The second kappa shape index (κ2) is 9.42. The third kappa shape index (κ3) is 5.46. The highest BCUT2D eigenvalue weighted by Gasteiger charge is 2.31. The van der Waals surface area contributed by atoms with E-state index in [4.69, 9.17) is 9.40 Å². The standard InChI is InChI=1S/C26H23F3N4O2/c1-18-24(31-25(34-18)20-6-8-22(9-7-20)33-13-3-12-30-33)17-32-14-10-19(11-15-32)21-4-2-5-23(16-21)35-26(27,28)29/h2-10,12-13,16H,11,14-15,17H2,1H3. The molecule has 0 fully saturated rings. The normalized spacial score (nSPS) is 14.7. The largest absolute Gasteiger partial charge is 0.573 e. The number of halogens is 3. The number of aryl methyl sites for hydroxylation is 1. The molecule has 4 aromatic rings. The topological polar surface area (TPSA) is 56.3 Å². The summed E-state index contributed by atoms with van der Waals surface area (Å²) in [6, 6.07) is 15.8. The Bertz CT molecular complexity index is 1330. The molecule has 0 atom stereocenters. The van der Waals surface area contributed by atoms with Crippen LogP contribution in [0.3, 0.4) is 0 Å². The number of benzene rings is 2. The Kier molecular flexibility index (Phi) is 6.17. The zero-order chi connectivity index (χ0) is 24.4. The summed E-state index contributed by atoms with van der Waals surface area (Å²) in [5.74, 6) is 1.13. The van der Waals surface area contributed by atoms with Crippen molar-refractivity contribution in [2.24, 2.45) is 0 Å². The van der Waals surface area contributed by atoms with Crippen LogP contribution < -0.4 is 4.74 Å². The van der Waals surface area contributed by atoms with E-state index in [9.17, 15) is 13.2 Å². The van der Waals surface area contributed by atoms with Gasteiger partial charge in [-0.1, -0.05) is 18.2 Å². The number of hydrogen-bond donors (Lipinski definition) is 0. The number of aromatic nitrogens is 3. The van der Waals surface area contributed by atoms with Gasteiger partial charge in [-0.25, -0.2) is 9.67 Å². The van der Waals surface area contributed by atoms with Gasteiger partial charge in [-0.3, -0.25) is 4.90 Å². The maximum Gasteiger partial charge on any atom is 0.573 e. The van der Waals surface area contributed by atoms with E-state index in [1.165, 1.54) is 12.1 Å². The van der Waals surface area contributed by atoms with Gasteiger partial charge in [0, 0.05) is 37.6 Å². The Morgan fingerprint density at radius 3 is 2.57 bits per heavy atom. The summed E-state index contributed by atoms with van der Waals surface area (Å²) in [4.78, 5) is 6.95. The van der Waals surface area contributed by atoms with E-state index < -0.39 is 6.36 Å². The van der Waals surface area contributed by atoms with Gasteiger partial charge < -0.3 is 9.15 Å². The van der Waals surface area contributed by atoms with Crippen LogP contribution in [0.1, 0.15) is 23.4 Å². The summed E-state index contributed by atoms with van der Waals surface area (Å²) in [6.45, 7) is 3.96. The van der Waals surface area contributed by atoms with Crippen LogP contribution in [-0.4, -0.2) is 39.1 Å². The van der Waals surface area contributed by atoms with Crippen LogP contribution >= 0.6 is 0 Å². The summed E-state index contributed by atoms with van der Waals surface area (Å²) in [6.07, 6.45) is 1.67. The minimum Gasteiger partial charge on any atom is -0.441 e. The molecule has 6 nitrogen and oxygen atoms in total. The number of hydrogen-bond acceptors (Lipinski definition) is 5. The van der Waals surface area contributed by atoms with Gasteiger partial charge in [0.1, 0.15) is 11.5 Å². The highest BCUT2D eigenvalue weighted by Crippen LogP contribution is 2.30. The second-order valence-corrected chi connectivity index (χ2v) is 8.31. The number of rotatable bonds is 6. The molecular formula is C26H23F3N4O2. The molecule has 5 rings (SSSR count). The third-order valence-corrected chi connectivity index (χ3v) is 5.88. The van der Waals surface area contributed by atoms with E-state index in [1.54, 1.807) is 23.0 Å². The van der Waals surface area contributed by atoms with Crippen LogP contribution in [0.4, 0.5) is 13.2 Å². The van der Waals surface area contributed by atoms with Crippen molar-refractivity contribution in [3.8, 4) is 22.9 Å². The average Bonchev–Trinajstić information content (AvgIpc) is 3.49. The zero-order valence-corrected chi connectivity index (χ0v) is 19.0. The van der Waals surface area contributed by atoms with Crippen LogP contribution in [0.2, 0.25) is 0 Å². The van der Waals surface area contributed by atoms with E-state index >= 15 is 0 Å². The summed E-state index contributed by atoms with van der Waals surface area (Å²) in [5, 5.41) is 4.23. The minimum atomic E-state index is -4.70. The fraction of sp³-hybridized carbons (Fsp3) is 0.231. The third-order valence-electron chi connectivity index (χ3n) is 5.88. The highest BCUT2D eigenvalue weighted by molar-refractivity contribution is 5.67. The van der Waals surface area contributed by atoms with Crippen molar-refractivity contribution in [3.05, 3.63) is 90.1 Å². The molecule has 2 aromatic heterocycles. The predicted molar refractivity (Wildman–Crippen MR) is 125 cm³/mol. The van der Waals surface area contributed by atoms with Gasteiger partial charge >= 0.3 is 6.36 Å². The summed E-state index contributed by atoms with van der Waals surface area (Å²) in [5.41, 5.74) is 4.45. The lowest BCUT2D eigenvalue weighted by atomic mass is 9.99. The smallest absolute Gasteiger partial charge is 0.441 e. The van der Waals surface area contributed by atoms with Gasteiger partial charge in [0.05, 0.1) is 11.4 Å². The molecule has 1 aliphatic rings. The molecule has 3 heterocycles. The number of alkyl halides is 3. The molecule has 1 aliphatic heterocycles. The van der Waals surface area contributed by atoms with Crippen LogP contribution in [0, 0.1) is 6.92 Å². The molecule has 180 valence electrons. The van der Waals surface area contributed by atoms with Crippen LogP contribution in [0.15, 0.2) is 77.5 Å². The van der Waals surface area contributed by atoms with Crippen molar-refractivity contribution >= 4 is 5.57 Å². The molecule has 0 amide bonds. The van der Waals surface area contributed by atoms with Crippen molar-refractivity contribution in [2.45, 2.75) is 26.3 Å². The SMILES string of the molecule is Cc1oc(-c2ccc(-n3cccn3)cc2)nc1CN1CC=C(c2cccc(OC(F)(F)F)c2)CC1. The highest BCUT2D eigenvalue weighted by atomic mass is 19.4. The van der Waals surface area contributed by atoms with Crippen molar-refractivity contribution in [1.82, 2.24) is 19.7 Å². The summed E-state index contributed by atoms with van der Waals surface area (Å²) < 4.78 is 49.4. The van der Waals surface area contributed by atoms with Gasteiger partial charge in [0.2, 0.25) is 5.89 Å². The fourth-order valence-corrected chi connectivity index (χ4v) is 4.10. The zero-order valence-electron chi connectivity index (χ0n) is 19.0. The first-order chi connectivity index (χ1) is 16.8. The lowest BCUT2D eigenvalue weighted by molar-refractivity contribution is -0.274. The van der Waals surface area contributed by atoms with Crippen LogP contribution in [0.5, 0.6) is 5.75 Å². The maximum absolute atomic E-state index is 12.5. The second-order valence-electron chi connectivity index (χ2n) is 8.31. The molecule has 2 aromatic carbocycles. The van der Waals surface area contributed by atoms with E-state index in [0.29, 0.717) is 25.4 Å². The molecule has 0 N–H and O–H groups in total. The first-order valence-corrected chi connectivity index (χ1v) is 11.2. The Labute approximate surface area is 200 Å². The Morgan fingerprint density at radius 1 is 1.06 bits per heavy atom. The van der Waals surface area contributed by atoms with Crippen molar-refractivity contribution < 1.29 is 22.3 Å². The van der Waals surface area contributed by atoms with E-state index in [-0.39, 0.29) is 5.75 Å². The molecule has 0 aliphatic carbocycles. The molecule has 0 radical (unpaired) electrons. The summed E-state index contributed by atoms with van der Waals surface area (Å²) >= 11 is 0. The van der Waals surface area contributed by atoms with Crippen LogP contribution in [-0.2, 0) is 6.54 Å². The molecular weight excluding hydrogens is 457 g/mol. The molecule has 0 saturated heterocycles. The van der Waals surface area contributed by atoms with Gasteiger partial charge in [-0.15, -0.1) is 13.2 Å². The molecule has 0 bridgehead atoms. The Morgan fingerprint density at radius 2 is 1.89 bits per heavy atom. The first kappa shape index (κ1) is 22.9. The van der Waals surface area contributed by atoms with Gasteiger partial charge in [-0.05, 0) is 66.9 Å². The van der Waals surface area contributed by atoms with Crippen molar-refractivity contribution in [2.75, 3.05) is 13.1 Å². The van der Waals surface area contributed by atoms with E-state index in [2.05, 4.69) is 14.7 Å². The Hall–Kier alpha value is -3.85. The van der Waals surface area contributed by atoms with Gasteiger partial charge in [0.25, 0.3) is 0 Å². The van der Waals surface area contributed by atoms with Crippen molar-refractivity contribution in [1.29, 1.82) is 0 Å². The summed E-state index contributed by atoms with van der Waals surface area (Å²) in [7, 11) is 0. The van der Waals surface area contributed by atoms with Gasteiger partial charge in [-0.2, -0.15) is 5.10 Å². The number of ether oxygens (including phenoxy) is 1. The first-order valence-electron chi connectivity index (χ1n) is 11.2. The minimum absolute atomic E-state index is 0.207. The monoisotopic (exact) mass is 480 g/mol. The van der Waals surface area contributed by atoms with Crippen molar-refractivity contribution in [3.63, 3.8) is 0 Å². The lowest BCUT2D eigenvalue weighted by Crippen LogP contribution is -2.28.